The number of carbonyl (C=O) groups excluding carboxylic acids is 1. The Labute approximate surface area is 182 Å². The van der Waals surface area contributed by atoms with Crippen LogP contribution in [-0.2, 0) is 10.3 Å². The number of fused-ring (bicyclic) bond motifs is 3. The topological polar surface area (TPSA) is 38.1 Å². The highest BCUT2D eigenvalue weighted by atomic mass is 35.5. The maximum absolute atomic E-state index is 13.3. The van der Waals surface area contributed by atoms with Gasteiger partial charge in [0, 0.05) is 41.5 Å². The molecule has 4 nitrogen and oxygen atoms in total. The van der Waals surface area contributed by atoms with E-state index in [2.05, 4.69) is 64.7 Å². The Morgan fingerprint density at radius 3 is 2.53 bits per heavy atom. The van der Waals surface area contributed by atoms with E-state index in [4.69, 9.17) is 11.6 Å². The molecule has 30 heavy (non-hydrogen) atoms. The van der Waals surface area contributed by atoms with Crippen LogP contribution in [0.25, 0.3) is 11.4 Å². The molecule has 0 spiro atoms. The van der Waals surface area contributed by atoms with Crippen LogP contribution in [0.15, 0.2) is 60.9 Å². The minimum absolute atomic E-state index is 0.242. The first-order chi connectivity index (χ1) is 14.5. The van der Waals surface area contributed by atoms with Crippen LogP contribution >= 0.6 is 11.6 Å². The van der Waals surface area contributed by atoms with Crippen molar-refractivity contribution >= 4 is 17.5 Å². The van der Waals surface area contributed by atoms with Crippen LogP contribution in [-0.4, -0.2) is 32.4 Å². The lowest BCUT2D eigenvalue weighted by Crippen LogP contribution is -2.40. The molecular formula is C25H26ClN3O. The molecule has 0 aliphatic carbocycles. The molecule has 1 unspecified atom stereocenters. The lowest BCUT2D eigenvalue weighted by atomic mass is 9.79. The molecule has 3 aromatic rings. The monoisotopic (exact) mass is 419 g/mol. The highest BCUT2D eigenvalue weighted by molar-refractivity contribution is 6.30. The number of halogens is 1. The molecular weight excluding hydrogens is 394 g/mol. The number of imidazole rings is 1. The van der Waals surface area contributed by atoms with Crippen LogP contribution in [0.5, 0.6) is 0 Å². The average Bonchev–Trinajstić information content (AvgIpc) is 3.42. The molecule has 0 bridgehead atoms. The van der Waals surface area contributed by atoms with Gasteiger partial charge < -0.3 is 9.47 Å². The summed E-state index contributed by atoms with van der Waals surface area (Å²) in [4.78, 5) is 20.0. The van der Waals surface area contributed by atoms with E-state index in [0.29, 0.717) is 29.9 Å². The van der Waals surface area contributed by atoms with Gasteiger partial charge in [0.2, 0.25) is 5.91 Å². The summed E-state index contributed by atoms with van der Waals surface area (Å²) >= 11 is 6.21. The number of nitrogens with zero attached hydrogens (tertiary/aromatic N) is 3. The number of rotatable bonds is 4. The van der Waals surface area contributed by atoms with Crippen molar-refractivity contribution in [3.8, 4) is 11.4 Å². The van der Waals surface area contributed by atoms with Gasteiger partial charge in [-0.05, 0) is 56.4 Å². The number of hydrogen-bond acceptors (Lipinski definition) is 2. The molecule has 3 atom stereocenters. The Morgan fingerprint density at radius 2 is 1.80 bits per heavy atom. The van der Waals surface area contributed by atoms with Crippen LogP contribution in [0.1, 0.15) is 50.7 Å². The molecule has 3 heterocycles. The molecule has 1 fully saturated rings. The Balaban J connectivity index is 1.59. The fourth-order valence-electron chi connectivity index (χ4n) is 5.50. The van der Waals surface area contributed by atoms with Gasteiger partial charge in [-0.3, -0.25) is 4.79 Å². The van der Waals surface area contributed by atoms with E-state index in [1.165, 1.54) is 5.56 Å². The number of benzene rings is 2. The van der Waals surface area contributed by atoms with Crippen LogP contribution in [0, 0.1) is 0 Å². The molecule has 154 valence electrons. The molecule has 1 amide bonds. The third kappa shape index (κ3) is 2.81. The molecule has 2 aromatic carbocycles. The first-order valence-corrected chi connectivity index (χ1v) is 11.1. The van der Waals surface area contributed by atoms with Crippen molar-refractivity contribution in [1.82, 2.24) is 14.5 Å². The van der Waals surface area contributed by atoms with E-state index < -0.39 is 5.54 Å². The van der Waals surface area contributed by atoms with Gasteiger partial charge in [0.1, 0.15) is 5.82 Å². The fraction of sp³-hybridized carbons (Fsp3) is 0.360. The predicted octanol–water partition coefficient (Wildman–Crippen LogP) is 5.49. The van der Waals surface area contributed by atoms with Crippen molar-refractivity contribution in [3.63, 3.8) is 0 Å². The maximum atomic E-state index is 13.3. The minimum Gasteiger partial charge on any atom is -0.337 e. The van der Waals surface area contributed by atoms with E-state index >= 15 is 0 Å². The number of amides is 1. The highest BCUT2D eigenvalue weighted by Gasteiger charge is 2.45. The molecule has 5 heteroatoms. The maximum Gasteiger partial charge on any atom is 0.223 e. The summed E-state index contributed by atoms with van der Waals surface area (Å²) in [6.07, 6.45) is 7.23. The van der Waals surface area contributed by atoms with E-state index in [-0.39, 0.29) is 5.91 Å². The molecule has 1 aromatic heterocycles. The minimum atomic E-state index is -0.463. The number of carbonyl (C=O) groups is 1. The van der Waals surface area contributed by atoms with Crippen molar-refractivity contribution < 1.29 is 4.79 Å². The van der Waals surface area contributed by atoms with Gasteiger partial charge in [0.15, 0.2) is 0 Å². The summed E-state index contributed by atoms with van der Waals surface area (Å²) in [5.41, 5.74) is 3.00. The SMILES string of the molecule is C[C@@H]1CC[C@H](C)N1C(=O)CCC1(c2ccc(Cl)cc2)c2ccccc2-c2nccn21. The molecule has 5 rings (SSSR count). The summed E-state index contributed by atoms with van der Waals surface area (Å²) < 4.78 is 2.24. The van der Waals surface area contributed by atoms with Crippen LogP contribution < -0.4 is 0 Å². The fourth-order valence-corrected chi connectivity index (χ4v) is 5.63. The summed E-state index contributed by atoms with van der Waals surface area (Å²) in [5.74, 6) is 1.20. The largest absolute Gasteiger partial charge is 0.337 e. The van der Waals surface area contributed by atoms with Crippen LogP contribution in [0.3, 0.4) is 0 Å². The number of aromatic nitrogens is 2. The van der Waals surface area contributed by atoms with Gasteiger partial charge in [-0.25, -0.2) is 4.98 Å². The summed E-state index contributed by atoms with van der Waals surface area (Å²) in [6, 6.07) is 17.1. The van der Waals surface area contributed by atoms with Crippen LogP contribution in [0.4, 0.5) is 0 Å². The van der Waals surface area contributed by atoms with Gasteiger partial charge in [-0.1, -0.05) is 48.0 Å². The lowest BCUT2D eigenvalue weighted by Gasteiger charge is -2.35. The van der Waals surface area contributed by atoms with E-state index in [1.54, 1.807) is 0 Å². The second kappa shape index (κ2) is 7.28. The van der Waals surface area contributed by atoms with Gasteiger partial charge in [0.05, 0.1) is 5.54 Å². The molecule has 2 aliphatic heterocycles. The zero-order chi connectivity index (χ0) is 20.9. The van der Waals surface area contributed by atoms with Gasteiger partial charge >= 0.3 is 0 Å². The molecule has 1 saturated heterocycles. The quantitative estimate of drug-likeness (QED) is 0.560. The smallest absolute Gasteiger partial charge is 0.223 e. The molecule has 0 N–H and O–H groups in total. The number of hydrogen-bond donors (Lipinski definition) is 0. The first-order valence-electron chi connectivity index (χ1n) is 10.7. The third-order valence-electron chi connectivity index (χ3n) is 6.93. The Bertz CT molecular complexity index is 1080. The summed E-state index contributed by atoms with van der Waals surface area (Å²) in [7, 11) is 0. The lowest BCUT2D eigenvalue weighted by molar-refractivity contribution is -0.133. The number of likely N-dealkylation sites (tertiary alicyclic amines) is 1. The Kier molecular flexibility index (Phi) is 4.70. The molecule has 0 saturated carbocycles. The third-order valence-corrected chi connectivity index (χ3v) is 7.18. The first kappa shape index (κ1) is 19.4. The van der Waals surface area contributed by atoms with Crippen molar-refractivity contribution in [2.24, 2.45) is 0 Å². The Hall–Kier alpha value is -2.59. The Morgan fingerprint density at radius 1 is 1.10 bits per heavy atom. The summed E-state index contributed by atoms with van der Waals surface area (Å²) in [6.45, 7) is 4.32. The van der Waals surface area contributed by atoms with Gasteiger partial charge in [-0.2, -0.15) is 0 Å². The van der Waals surface area contributed by atoms with E-state index in [1.807, 2.05) is 24.5 Å². The predicted molar refractivity (Wildman–Crippen MR) is 120 cm³/mol. The summed E-state index contributed by atoms with van der Waals surface area (Å²) in [5, 5.41) is 0.710. The second-order valence-corrected chi connectivity index (χ2v) is 9.05. The van der Waals surface area contributed by atoms with Crippen LogP contribution in [0.2, 0.25) is 5.02 Å². The van der Waals surface area contributed by atoms with Crippen molar-refractivity contribution in [1.29, 1.82) is 0 Å². The highest BCUT2D eigenvalue weighted by Crippen LogP contribution is 2.49. The average molecular weight is 420 g/mol. The van der Waals surface area contributed by atoms with Gasteiger partial charge in [-0.15, -0.1) is 0 Å². The standard InChI is InChI=1S/C25H26ClN3O/c1-17-7-8-18(2)29(17)23(30)13-14-25(19-9-11-20(26)12-10-19)22-6-4-3-5-21(22)24-27-15-16-28(24)25/h3-6,9-12,15-18H,7-8,13-14H2,1-2H3/t17-,18+,25?. The second-order valence-electron chi connectivity index (χ2n) is 8.61. The normalized spacial score (nSPS) is 24.7. The molecule has 0 radical (unpaired) electrons. The van der Waals surface area contributed by atoms with E-state index in [0.717, 1.165) is 29.8 Å². The van der Waals surface area contributed by atoms with Gasteiger partial charge in [0.25, 0.3) is 0 Å². The van der Waals surface area contributed by atoms with E-state index in [9.17, 15) is 4.79 Å². The van der Waals surface area contributed by atoms with Crippen molar-refractivity contribution in [2.75, 3.05) is 0 Å². The molecule has 2 aliphatic rings. The zero-order valence-electron chi connectivity index (χ0n) is 17.4. The zero-order valence-corrected chi connectivity index (χ0v) is 18.1. The van der Waals surface area contributed by atoms with Crippen molar-refractivity contribution in [3.05, 3.63) is 77.1 Å². The van der Waals surface area contributed by atoms with Crippen molar-refractivity contribution in [2.45, 2.75) is 57.2 Å².